The Bertz CT molecular complexity index is 1010. The van der Waals surface area contributed by atoms with Crippen LogP contribution >= 0.6 is 0 Å². The summed E-state index contributed by atoms with van der Waals surface area (Å²) in [5.74, 6) is -0.330. The zero-order chi connectivity index (χ0) is 20.9. The highest BCUT2D eigenvalue weighted by Crippen LogP contribution is 2.52. The second kappa shape index (κ2) is 7.02. The number of carbonyl (C=O) groups is 2. The highest BCUT2D eigenvalue weighted by Gasteiger charge is 2.67. The van der Waals surface area contributed by atoms with E-state index in [2.05, 4.69) is 15.1 Å². The van der Waals surface area contributed by atoms with Crippen molar-refractivity contribution >= 4 is 11.8 Å². The van der Waals surface area contributed by atoms with Crippen molar-refractivity contribution in [3.63, 3.8) is 0 Å². The Labute approximate surface area is 173 Å². The number of nitrogens with zero attached hydrogens (tertiary/aromatic N) is 5. The number of fused-ring (bicyclic) bond motifs is 1. The van der Waals surface area contributed by atoms with Crippen LogP contribution in [0.3, 0.4) is 0 Å². The third kappa shape index (κ3) is 2.92. The van der Waals surface area contributed by atoms with Gasteiger partial charge in [-0.15, -0.1) is 0 Å². The monoisotopic (exact) mass is 409 g/mol. The predicted octanol–water partition coefficient (Wildman–Crippen LogP) is 1.10. The van der Waals surface area contributed by atoms with Crippen molar-refractivity contribution in [2.45, 2.75) is 38.6 Å². The quantitative estimate of drug-likeness (QED) is 0.659. The molecule has 5 rings (SSSR count). The first-order valence-electron chi connectivity index (χ1n) is 10.1. The Balaban J connectivity index is 1.38. The molecule has 9 nitrogen and oxygen atoms in total. The summed E-state index contributed by atoms with van der Waals surface area (Å²) in [7, 11) is 0. The SMILES string of the molecule is CCN(Cc1nc(C)no1)C(=O)C1C2C(=O)N(Cc3cccnc3)C[C@]23C=C[C@H]1O3. The first kappa shape index (κ1) is 18.9. The molecule has 2 aromatic heterocycles. The molecule has 0 aromatic carbocycles. The highest BCUT2D eigenvalue weighted by atomic mass is 16.5. The summed E-state index contributed by atoms with van der Waals surface area (Å²) < 4.78 is 11.4. The number of aryl methyl sites for hydroxylation is 1. The van der Waals surface area contributed by atoms with Gasteiger partial charge in [-0.2, -0.15) is 4.98 Å². The van der Waals surface area contributed by atoms with Crippen LogP contribution in [-0.4, -0.2) is 61.5 Å². The molecule has 1 spiro atoms. The van der Waals surface area contributed by atoms with E-state index in [1.165, 1.54) is 0 Å². The molecule has 0 radical (unpaired) electrons. The number of hydrogen-bond acceptors (Lipinski definition) is 7. The maximum absolute atomic E-state index is 13.5. The van der Waals surface area contributed by atoms with Crippen LogP contribution in [0.2, 0.25) is 0 Å². The van der Waals surface area contributed by atoms with Crippen molar-refractivity contribution in [1.29, 1.82) is 0 Å². The fourth-order valence-electron chi connectivity index (χ4n) is 4.83. The van der Waals surface area contributed by atoms with E-state index < -0.39 is 17.4 Å². The van der Waals surface area contributed by atoms with Gasteiger partial charge in [0.25, 0.3) is 0 Å². The summed E-state index contributed by atoms with van der Waals surface area (Å²) >= 11 is 0. The molecule has 2 aromatic rings. The summed E-state index contributed by atoms with van der Waals surface area (Å²) in [6.45, 7) is 5.21. The third-order valence-corrected chi connectivity index (χ3v) is 6.15. The smallest absolute Gasteiger partial charge is 0.246 e. The van der Waals surface area contributed by atoms with Crippen LogP contribution in [0.4, 0.5) is 0 Å². The number of carbonyl (C=O) groups excluding carboxylic acids is 2. The van der Waals surface area contributed by atoms with E-state index >= 15 is 0 Å². The fourth-order valence-corrected chi connectivity index (χ4v) is 4.83. The van der Waals surface area contributed by atoms with Crippen LogP contribution in [0.25, 0.3) is 0 Å². The molecule has 2 amide bonds. The van der Waals surface area contributed by atoms with E-state index in [0.29, 0.717) is 31.3 Å². The second-order valence-electron chi connectivity index (χ2n) is 8.04. The topological polar surface area (TPSA) is 102 Å². The molecular weight excluding hydrogens is 386 g/mol. The lowest BCUT2D eigenvalue weighted by Gasteiger charge is -2.28. The summed E-state index contributed by atoms with van der Waals surface area (Å²) in [4.78, 5) is 38.6. The molecule has 30 heavy (non-hydrogen) atoms. The molecule has 3 aliphatic heterocycles. The van der Waals surface area contributed by atoms with Crippen molar-refractivity contribution in [1.82, 2.24) is 24.9 Å². The van der Waals surface area contributed by atoms with Gasteiger partial charge < -0.3 is 19.1 Å². The highest BCUT2D eigenvalue weighted by molar-refractivity contribution is 5.93. The van der Waals surface area contributed by atoms with Crippen LogP contribution in [-0.2, 0) is 27.4 Å². The van der Waals surface area contributed by atoms with Gasteiger partial charge in [0.15, 0.2) is 5.82 Å². The van der Waals surface area contributed by atoms with Gasteiger partial charge in [0.1, 0.15) is 5.60 Å². The molecule has 3 aliphatic rings. The minimum Gasteiger partial charge on any atom is -0.360 e. The minimum absolute atomic E-state index is 0.0475. The van der Waals surface area contributed by atoms with Gasteiger partial charge in [0.2, 0.25) is 17.7 Å². The maximum atomic E-state index is 13.5. The number of amides is 2. The Kier molecular flexibility index (Phi) is 4.43. The van der Waals surface area contributed by atoms with Crippen molar-refractivity contribution in [3.05, 3.63) is 54.0 Å². The van der Waals surface area contributed by atoms with Gasteiger partial charge >= 0.3 is 0 Å². The molecule has 0 aliphatic carbocycles. The number of aromatic nitrogens is 3. The molecule has 0 N–H and O–H groups in total. The first-order chi connectivity index (χ1) is 14.5. The molecule has 4 atom stereocenters. The second-order valence-corrected chi connectivity index (χ2v) is 8.04. The Hall–Kier alpha value is -3.07. The van der Waals surface area contributed by atoms with Gasteiger partial charge in [-0.3, -0.25) is 14.6 Å². The largest absolute Gasteiger partial charge is 0.360 e. The number of likely N-dealkylation sites (tertiary alicyclic amines) is 1. The van der Waals surface area contributed by atoms with Gasteiger partial charge in [0.05, 0.1) is 31.0 Å². The normalized spacial score (nSPS) is 28.9. The van der Waals surface area contributed by atoms with Crippen molar-refractivity contribution in [2.75, 3.05) is 13.1 Å². The third-order valence-electron chi connectivity index (χ3n) is 6.15. The molecular formula is C21H23N5O4. The van der Waals surface area contributed by atoms with E-state index in [4.69, 9.17) is 9.26 Å². The molecule has 2 unspecified atom stereocenters. The Morgan fingerprint density at radius 2 is 2.30 bits per heavy atom. The molecule has 9 heteroatoms. The first-order valence-corrected chi connectivity index (χ1v) is 10.1. The lowest BCUT2D eigenvalue weighted by Crippen LogP contribution is -2.45. The van der Waals surface area contributed by atoms with Gasteiger partial charge in [-0.05, 0) is 25.5 Å². The van der Waals surface area contributed by atoms with Crippen LogP contribution in [0, 0.1) is 18.8 Å². The van der Waals surface area contributed by atoms with E-state index in [-0.39, 0.29) is 24.5 Å². The number of ether oxygens (including phenoxy) is 1. The molecule has 0 saturated carbocycles. The van der Waals surface area contributed by atoms with Gasteiger partial charge in [0, 0.05) is 25.5 Å². The van der Waals surface area contributed by atoms with Gasteiger partial charge in [-0.25, -0.2) is 0 Å². The van der Waals surface area contributed by atoms with E-state index in [9.17, 15) is 9.59 Å². The van der Waals surface area contributed by atoms with Crippen molar-refractivity contribution in [2.24, 2.45) is 11.8 Å². The zero-order valence-corrected chi connectivity index (χ0v) is 16.9. The van der Waals surface area contributed by atoms with Crippen LogP contribution in [0.15, 0.2) is 41.2 Å². The fraction of sp³-hybridized carbons (Fsp3) is 0.476. The molecule has 156 valence electrons. The number of rotatable bonds is 6. The lowest BCUT2D eigenvalue weighted by atomic mass is 9.76. The average Bonchev–Trinajstić information content (AvgIpc) is 3.48. The Morgan fingerprint density at radius 1 is 1.43 bits per heavy atom. The molecule has 5 heterocycles. The minimum atomic E-state index is -0.731. The molecule has 2 saturated heterocycles. The summed E-state index contributed by atoms with van der Waals surface area (Å²) in [5, 5.41) is 3.79. The van der Waals surface area contributed by atoms with Crippen molar-refractivity contribution in [3.8, 4) is 0 Å². The van der Waals surface area contributed by atoms with Crippen molar-refractivity contribution < 1.29 is 18.8 Å². The van der Waals surface area contributed by atoms with Crippen LogP contribution in [0.1, 0.15) is 24.2 Å². The number of pyridine rings is 1. The maximum Gasteiger partial charge on any atom is 0.246 e. The van der Waals surface area contributed by atoms with Gasteiger partial charge in [-0.1, -0.05) is 23.4 Å². The van der Waals surface area contributed by atoms with E-state index in [1.807, 2.05) is 31.2 Å². The number of hydrogen-bond donors (Lipinski definition) is 0. The molecule has 2 bridgehead atoms. The zero-order valence-electron chi connectivity index (χ0n) is 16.9. The Morgan fingerprint density at radius 3 is 3.00 bits per heavy atom. The van der Waals surface area contributed by atoms with Crippen LogP contribution in [0.5, 0.6) is 0 Å². The lowest BCUT2D eigenvalue weighted by molar-refractivity contribution is -0.144. The molecule has 2 fully saturated rings. The van der Waals surface area contributed by atoms with Crippen LogP contribution < -0.4 is 0 Å². The average molecular weight is 409 g/mol. The summed E-state index contributed by atoms with van der Waals surface area (Å²) in [5.41, 5.74) is 0.218. The summed E-state index contributed by atoms with van der Waals surface area (Å²) in [6.07, 6.45) is 6.96. The standard InChI is InChI=1S/C21H23N5O4/c1-3-25(11-16-23-13(2)24-30-16)19(27)17-15-6-7-21(29-15)12-26(20(28)18(17)21)10-14-5-4-8-22-9-14/h4-9,15,17-18H,3,10-12H2,1-2H3/t15-,17?,18?,21-/m1/s1. The summed E-state index contributed by atoms with van der Waals surface area (Å²) in [6, 6.07) is 3.79. The predicted molar refractivity (Wildman–Crippen MR) is 104 cm³/mol. The van der Waals surface area contributed by atoms with E-state index in [1.54, 1.807) is 29.1 Å². The van der Waals surface area contributed by atoms with E-state index in [0.717, 1.165) is 5.56 Å².